The Morgan fingerprint density at radius 1 is 1.53 bits per heavy atom. The molecule has 0 radical (unpaired) electrons. The molecule has 1 aromatic heterocycles. The standard InChI is InChI=1S/C11H18N2O2/c1-5-15-10(14)9-6-8(7-12-9)13-11(2,3)4/h6-7,12-13H,5H2,1-4H3. The summed E-state index contributed by atoms with van der Waals surface area (Å²) in [5.41, 5.74) is 1.35. The summed E-state index contributed by atoms with van der Waals surface area (Å²) in [5, 5.41) is 3.26. The molecular weight excluding hydrogens is 192 g/mol. The van der Waals surface area contributed by atoms with Gasteiger partial charge in [-0.15, -0.1) is 0 Å². The lowest BCUT2D eigenvalue weighted by Crippen LogP contribution is -2.25. The highest BCUT2D eigenvalue weighted by Crippen LogP contribution is 2.16. The Labute approximate surface area is 90.0 Å². The van der Waals surface area contributed by atoms with Crippen molar-refractivity contribution in [3.63, 3.8) is 0 Å². The van der Waals surface area contributed by atoms with Crippen molar-refractivity contribution in [2.75, 3.05) is 11.9 Å². The Hall–Kier alpha value is -1.45. The summed E-state index contributed by atoms with van der Waals surface area (Å²) < 4.78 is 4.87. The van der Waals surface area contributed by atoms with E-state index in [9.17, 15) is 4.79 Å². The van der Waals surface area contributed by atoms with Crippen LogP contribution in [0.4, 0.5) is 5.69 Å². The Balaban J connectivity index is 2.68. The predicted molar refractivity (Wildman–Crippen MR) is 60.1 cm³/mol. The fourth-order valence-corrected chi connectivity index (χ4v) is 1.23. The summed E-state index contributed by atoms with van der Waals surface area (Å²) in [5.74, 6) is -0.320. The highest BCUT2D eigenvalue weighted by Gasteiger charge is 2.13. The maximum absolute atomic E-state index is 11.3. The second-order valence-corrected chi connectivity index (χ2v) is 4.40. The smallest absolute Gasteiger partial charge is 0.354 e. The number of H-pyrrole nitrogens is 1. The molecule has 4 nitrogen and oxygen atoms in total. The van der Waals surface area contributed by atoms with Gasteiger partial charge in [-0.2, -0.15) is 0 Å². The van der Waals surface area contributed by atoms with Gasteiger partial charge in [0.25, 0.3) is 0 Å². The first kappa shape index (κ1) is 11.6. The average Bonchev–Trinajstić information content (AvgIpc) is 2.50. The third-order valence-electron chi connectivity index (χ3n) is 1.70. The number of anilines is 1. The van der Waals surface area contributed by atoms with Crippen LogP contribution in [0.5, 0.6) is 0 Å². The molecule has 84 valence electrons. The van der Waals surface area contributed by atoms with E-state index >= 15 is 0 Å². The number of hydrogen-bond donors (Lipinski definition) is 2. The first-order chi connectivity index (χ1) is 6.92. The van der Waals surface area contributed by atoms with E-state index in [0.717, 1.165) is 5.69 Å². The van der Waals surface area contributed by atoms with E-state index in [4.69, 9.17) is 4.74 Å². The fraction of sp³-hybridized carbons (Fsp3) is 0.545. The molecule has 1 aromatic rings. The van der Waals surface area contributed by atoms with Crippen molar-refractivity contribution in [2.45, 2.75) is 33.2 Å². The normalized spacial score (nSPS) is 11.2. The predicted octanol–water partition coefficient (Wildman–Crippen LogP) is 2.40. The second kappa shape index (κ2) is 4.38. The molecule has 1 heterocycles. The van der Waals surface area contributed by atoms with Gasteiger partial charge < -0.3 is 15.0 Å². The van der Waals surface area contributed by atoms with Crippen molar-refractivity contribution in [3.05, 3.63) is 18.0 Å². The minimum Gasteiger partial charge on any atom is -0.461 e. The Kier molecular flexibility index (Phi) is 3.39. The first-order valence-electron chi connectivity index (χ1n) is 5.06. The van der Waals surface area contributed by atoms with Gasteiger partial charge in [0.15, 0.2) is 0 Å². The van der Waals surface area contributed by atoms with Crippen LogP contribution in [0.25, 0.3) is 0 Å². The molecule has 0 saturated carbocycles. The molecule has 2 N–H and O–H groups in total. The van der Waals surface area contributed by atoms with Crippen molar-refractivity contribution in [3.8, 4) is 0 Å². The van der Waals surface area contributed by atoms with Gasteiger partial charge >= 0.3 is 5.97 Å². The van der Waals surface area contributed by atoms with Crippen LogP contribution in [-0.2, 0) is 4.74 Å². The molecule has 0 spiro atoms. The van der Waals surface area contributed by atoms with Crippen molar-refractivity contribution >= 4 is 11.7 Å². The molecule has 0 aromatic carbocycles. The van der Waals surface area contributed by atoms with Crippen LogP contribution in [0, 0.1) is 0 Å². The second-order valence-electron chi connectivity index (χ2n) is 4.40. The monoisotopic (exact) mass is 210 g/mol. The Morgan fingerprint density at radius 2 is 2.20 bits per heavy atom. The SMILES string of the molecule is CCOC(=O)c1cc(NC(C)(C)C)c[nH]1. The number of nitrogens with one attached hydrogen (secondary N) is 2. The van der Waals surface area contributed by atoms with E-state index in [2.05, 4.69) is 31.1 Å². The molecule has 0 fully saturated rings. The number of aromatic amines is 1. The van der Waals surface area contributed by atoms with Gasteiger partial charge in [0.1, 0.15) is 5.69 Å². The van der Waals surface area contributed by atoms with Gasteiger partial charge in [-0.05, 0) is 33.8 Å². The molecular formula is C11H18N2O2. The Bertz CT molecular complexity index is 337. The summed E-state index contributed by atoms with van der Waals surface area (Å²) in [4.78, 5) is 14.2. The van der Waals surface area contributed by atoms with E-state index in [1.807, 2.05) is 0 Å². The number of aromatic nitrogens is 1. The highest BCUT2D eigenvalue weighted by molar-refractivity contribution is 5.88. The molecule has 0 atom stereocenters. The summed E-state index contributed by atoms with van der Waals surface area (Å²) in [6, 6.07) is 1.75. The van der Waals surface area contributed by atoms with Gasteiger partial charge in [0.2, 0.25) is 0 Å². The molecule has 0 unspecified atom stereocenters. The quantitative estimate of drug-likeness (QED) is 0.753. The lowest BCUT2D eigenvalue weighted by Gasteiger charge is -2.20. The van der Waals surface area contributed by atoms with Gasteiger partial charge in [-0.1, -0.05) is 0 Å². The summed E-state index contributed by atoms with van der Waals surface area (Å²) in [6.45, 7) is 8.35. The number of carbonyl (C=O) groups excluding carboxylic acids is 1. The molecule has 0 aliphatic heterocycles. The fourth-order valence-electron chi connectivity index (χ4n) is 1.23. The van der Waals surface area contributed by atoms with Crippen molar-refractivity contribution < 1.29 is 9.53 Å². The number of esters is 1. The summed E-state index contributed by atoms with van der Waals surface area (Å²) >= 11 is 0. The van der Waals surface area contributed by atoms with Crippen LogP contribution >= 0.6 is 0 Å². The van der Waals surface area contributed by atoms with Crippen LogP contribution in [0.15, 0.2) is 12.3 Å². The third kappa shape index (κ3) is 3.65. The van der Waals surface area contributed by atoms with Gasteiger partial charge in [-0.3, -0.25) is 0 Å². The lowest BCUT2D eigenvalue weighted by molar-refractivity contribution is 0.0520. The van der Waals surface area contributed by atoms with Crippen LogP contribution < -0.4 is 5.32 Å². The Morgan fingerprint density at radius 3 is 2.73 bits per heavy atom. The number of ether oxygens (including phenoxy) is 1. The maximum Gasteiger partial charge on any atom is 0.354 e. The molecule has 0 aliphatic carbocycles. The first-order valence-corrected chi connectivity index (χ1v) is 5.06. The molecule has 0 aliphatic rings. The van der Waals surface area contributed by atoms with Gasteiger partial charge in [0.05, 0.1) is 12.3 Å². The minimum absolute atomic E-state index is 0.0197. The van der Waals surface area contributed by atoms with Crippen LogP contribution in [-0.4, -0.2) is 23.1 Å². The van der Waals surface area contributed by atoms with Crippen molar-refractivity contribution in [1.82, 2.24) is 4.98 Å². The number of carbonyl (C=O) groups is 1. The summed E-state index contributed by atoms with van der Waals surface area (Å²) in [7, 11) is 0. The zero-order valence-corrected chi connectivity index (χ0v) is 9.68. The van der Waals surface area contributed by atoms with E-state index in [1.165, 1.54) is 0 Å². The van der Waals surface area contributed by atoms with Gasteiger partial charge in [-0.25, -0.2) is 4.79 Å². The number of rotatable bonds is 3. The van der Waals surface area contributed by atoms with Crippen molar-refractivity contribution in [2.24, 2.45) is 0 Å². The largest absolute Gasteiger partial charge is 0.461 e. The van der Waals surface area contributed by atoms with E-state index in [1.54, 1.807) is 19.2 Å². The highest BCUT2D eigenvalue weighted by atomic mass is 16.5. The molecule has 0 amide bonds. The van der Waals surface area contributed by atoms with Gasteiger partial charge in [0, 0.05) is 11.7 Å². The van der Waals surface area contributed by atoms with Crippen LogP contribution in [0.1, 0.15) is 38.2 Å². The minimum atomic E-state index is -0.320. The zero-order chi connectivity index (χ0) is 11.5. The molecule has 4 heteroatoms. The topological polar surface area (TPSA) is 54.1 Å². The lowest BCUT2D eigenvalue weighted by atomic mass is 10.1. The molecule has 0 saturated heterocycles. The van der Waals surface area contributed by atoms with Crippen LogP contribution in [0.3, 0.4) is 0 Å². The number of hydrogen-bond acceptors (Lipinski definition) is 3. The van der Waals surface area contributed by atoms with E-state index in [-0.39, 0.29) is 11.5 Å². The summed E-state index contributed by atoms with van der Waals surface area (Å²) in [6.07, 6.45) is 1.76. The van der Waals surface area contributed by atoms with Crippen LogP contribution in [0.2, 0.25) is 0 Å². The van der Waals surface area contributed by atoms with E-state index < -0.39 is 0 Å². The maximum atomic E-state index is 11.3. The van der Waals surface area contributed by atoms with Crippen molar-refractivity contribution in [1.29, 1.82) is 0 Å². The molecule has 1 rings (SSSR count). The molecule has 0 bridgehead atoms. The average molecular weight is 210 g/mol. The third-order valence-corrected chi connectivity index (χ3v) is 1.70. The van der Waals surface area contributed by atoms with E-state index in [0.29, 0.717) is 12.3 Å². The zero-order valence-electron chi connectivity index (χ0n) is 9.68. The molecule has 15 heavy (non-hydrogen) atoms.